The van der Waals surface area contributed by atoms with Gasteiger partial charge in [-0.25, -0.2) is 9.97 Å². The summed E-state index contributed by atoms with van der Waals surface area (Å²) >= 11 is 0. The van der Waals surface area contributed by atoms with Gasteiger partial charge in [0.15, 0.2) is 23.0 Å². The molecule has 1 fully saturated rings. The quantitative estimate of drug-likeness (QED) is 0.499. The van der Waals surface area contributed by atoms with E-state index < -0.39 is 0 Å². The SMILES string of the molecule is COc1cccc(CN2CCC(NC(=O)c3nccnc3NC(=O)c3ccc(C)cc3)CC2)c1OC. The molecule has 188 valence electrons. The molecule has 0 aliphatic carbocycles. The van der Waals surface area contributed by atoms with Crippen LogP contribution in [0.2, 0.25) is 0 Å². The molecule has 1 saturated heterocycles. The molecule has 4 rings (SSSR count). The minimum Gasteiger partial charge on any atom is -0.493 e. The van der Waals surface area contributed by atoms with Gasteiger partial charge in [0.25, 0.3) is 11.8 Å². The summed E-state index contributed by atoms with van der Waals surface area (Å²) in [5.41, 5.74) is 2.70. The number of aryl methyl sites for hydroxylation is 1. The normalized spacial score (nSPS) is 14.2. The number of benzene rings is 2. The van der Waals surface area contributed by atoms with Crippen LogP contribution >= 0.6 is 0 Å². The van der Waals surface area contributed by atoms with Crippen molar-refractivity contribution in [3.63, 3.8) is 0 Å². The Hall–Kier alpha value is -3.98. The maximum absolute atomic E-state index is 13.0. The van der Waals surface area contributed by atoms with Crippen LogP contribution in [-0.4, -0.2) is 60.0 Å². The van der Waals surface area contributed by atoms with Crippen molar-refractivity contribution in [1.29, 1.82) is 0 Å². The number of piperidine rings is 1. The molecule has 0 atom stereocenters. The van der Waals surface area contributed by atoms with Gasteiger partial charge in [0, 0.05) is 49.2 Å². The molecule has 9 heteroatoms. The van der Waals surface area contributed by atoms with Gasteiger partial charge in [-0.05, 0) is 38.0 Å². The van der Waals surface area contributed by atoms with Gasteiger partial charge in [-0.3, -0.25) is 14.5 Å². The molecule has 2 amide bonds. The fourth-order valence-electron chi connectivity index (χ4n) is 4.29. The molecule has 1 aliphatic rings. The number of methoxy groups -OCH3 is 2. The van der Waals surface area contributed by atoms with E-state index in [1.165, 1.54) is 12.4 Å². The Kier molecular flexibility index (Phi) is 8.12. The van der Waals surface area contributed by atoms with Crippen molar-refractivity contribution in [2.45, 2.75) is 32.4 Å². The Bertz CT molecular complexity index is 1210. The molecule has 0 saturated carbocycles. The van der Waals surface area contributed by atoms with Gasteiger partial charge in [0.05, 0.1) is 14.2 Å². The average Bonchev–Trinajstić information content (AvgIpc) is 2.90. The number of hydrogen-bond acceptors (Lipinski definition) is 7. The van der Waals surface area contributed by atoms with Crippen molar-refractivity contribution in [3.8, 4) is 11.5 Å². The number of nitrogens with zero attached hydrogens (tertiary/aromatic N) is 3. The summed E-state index contributed by atoms with van der Waals surface area (Å²) in [6, 6.07) is 13.1. The number of carbonyl (C=O) groups is 2. The monoisotopic (exact) mass is 489 g/mol. The van der Waals surface area contributed by atoms with Crippen LogP contribution in [0.1, 0.15) is 44.8 Å². The van der Waals surface area contributed by atoms with Crippen LogP contribution in [-0.2, 0) is 6.54 Å². The van der Waals surface area contributed by atoms with Crippen molar-refractivity contribution < 1.29 is 19.1 Å². The van der Waals surface area contributed by atoms with Gasteiger partial charge in [-0.2, -0.15) is 0 Å². The molecule has 1 aromatic heterocycles. The van der Waals surface area contributed by atoms with E-state index in [1.807, 2.05) is 37.3 Å². The Morgan fingerprint density at radius 1 is 0.972 bits per heavy atom. The zero-order chi connectivity index (χ0) is 25.5. The summed E-state index contributed by atoms with van der Waals surface area (Å²) < 4.78 is 11.0. The van der Waals surface area contributed by atoms with E-state index in [9.17, 15) is 9.59 Å². The van der Waals surface area contributed by atoms with Gasteiger partial charge in [-0.1, -0.05) is 29.8 Å². The molecule has 0 spiro atoms. The standard InChI is InChI=1S/C27H31N5O4/c1-18-7-9-19(10-8-18)26(33)31-25-23(28-13-14-29-25)27(34)30-21-11-15-32(16-12-21)17-20-5-4-6-22(35-2)24(20)36-3/h4-10,13-14,21H,11-12,15-17H2,1-3H3,(H,30,34)(H,29,31,33). The lowest BCUT2D eigenvalue weighted by Gasteiger charge is -2.32. The zero-order valence-electron chi connectivity index (χ0n) is 20.8. The summed E-state index contributed by atoms with van der Waals surface area (Å²) in [5.74, 6) is 0.911. The van der Waals surface area contributed by atoms with E-state index in [0.29, 0.717) is 11.3 Å². The number of rotatable bonds is 8. The van der Waals surface area contributed by atoms with E-state index in [-0.39, 0.29) is 29.4 Å². The summed E-state index contributed by atoms with van der Waals surface area (Å²) in [6.07, 6.45) is 4.49. The lowest BCUT2D eigenvalue weighted by molar-refractivity contribution is 0.0904. The van der Waals surface area contributed by atoms with Crippen LogP contribution < -0.4 is 20.1 Å². The smallest absolute Gasteiger partial charge is 0.273 e. The molecule has 9 nitrogen and oxygen atoms in total. The number of ether oxygens (including phenoxy) is 2. The van der Waals surface area contributed by atoms with Crippen molar-refractivity contribution in [2.24, 2.45) is 0 Å². The van der Waals surface area contributed by atoms with Gasteiger partial charge in [-0.15, -0.1) is 0 Å². The number of amides is 2. The Labute approximate surface area is 210 Å². The molecule has 0 bridgehead atoms. The Morgan fingerprint density at radius 2 is 1.69 bits per heavy atom. The second-order valence-corrected chi connectivity index (χ2v) is 8.75. The number of para-hydroxylation sites is 1. The van der Waals surface area contributed by atoms with E-state index in [0.717, 1.165) is 49.4 Å². The fraction of sp³-hybridized carbons (Fsp3) is 0.333. The number of nitrogens with one attached hydrogen (secondary N) is 2. The molecule has 1 aliphatic heterocycles. The number of likely N-dealkylation sites (tertiary alicyclic amines) is 1. The zero-order valence-corrected chi connectivity index (χ0v) is 20.8. The number of hydrogen-bond donors (Lipinski definition) is 2. The highest BCUT2D eigenvalue weighted by molar-refractivity contribution is 6.07. The van der Waals surface area contributed by atoms with Gasteiger partial charge < -0.3 is 20.1 Å². The van der Waals surface area contributed by atoms with Gasteiger partial charge in [0.1, 0.15) is 0 Å². The first-order valence-electron chi connectivity index (χ1n) is 11.9. The molecule has 2 aromatic carbocycles. The maximum Gasteiger partial charge on any atom is 0.273 e. The van der Waals surface area contributed by atoms with Crippen LogP contribution in [0.25, 0.3) is 0 Å². The van der Waals surface area contributed by atoms with Crippen molar-refractivity contribution in [3.05, 3.63) is 77.2 Å². The number of anilines is 1. The first kappa shape index (κ1) is 25.1. The summed E-state index contributed by atoms with van der Waals surface area (Å²) in [6.45, 7) is 4.33. The van der Waals surface area contributed by atoms with Crippen molar-refractivity contribution in [2.75, 3.05) is 32.6 Å². The molecule has 2 N–H and O–H groups in total. The lowest BCUT2D eigenvalue weighted by atomic mass is 10.0. The fourth-order valence-corrected chi connectivity index (χ4v) is 4.29. The number of carbonyl (C=O) groups excluding carboxylic acids is 2. The summed E-state index contributed by atoms with van der Waals surface area (Å²) in [4.78, 5) is 36.3. The largest absolute Gasteiger partial charge is 0.493 e. The van der Waals surface area contributed by atoms with E-state index >= 15 is 0 Å². The Balaban J connectivity index is 1.34. The van der Waals surface area contributed by atoms with Crippen LogP contribution in [0.15, 0.2) is 54.9 Å². The van der Waals surface area contributed by atoms with Crippen LogP contribution in [0.4, 0.5) is 5.82 Å². The molecular weight excluding hydrogens is 458 g/mol. The van der Waals surface area contributed by atoms with Gasteiger partial charge >= 0.3 is 0 Å². The first-order chi connectivity index (χ1) is 17.5. The van der Waals surface area contributed by atoms with Gasteiger partial charge in [0.2, 0.25) is 0 Å². The number of aromatic nitrogens is 2. The predicted octanol–water partition coefficient (Wildman–Crippen LogP) is 3.45. The second-order valence-electron chi connectivity index (χ2n) is 8.75. The highest BCUT2D eigenvalue weighted by Gasteiger charge is 2.25. The lowest BCUT2D eigenvalue weighted by Crippen LogP contribution is -2.44. The van der Waals surface area contributed by atoms with Crippen molar-refractivity contribution in [1.82, 2.24) is 20.2 Å². The molecule has 36 heavy (non-hydrogen) atoms. The van der Waals surface area contributed by atoms with Crippen LogP contribution in [0.3, 0.4) is 0 Å². The molecular formula is C27H31N5O4. The van der Waals surface area contributed by atoms with Crippen molar-refractivity contribution >= 4 is 17.6 Å². The third-order valence-electron chi connectivity index (χ3n) is 6.26. The van der Waals surface area contributed by atoms with E-state index in [4.69, 9.17) is 9.47 Å². The topological polar surface area (TPSA) is 106 Å². The van der Waals surface area contributed by atoms with Crippen LogP contribution in [0, 0.1) is 6.92 Å². The third-order valence-corrected chi connectivity index (χ3v) is 6.26. The Morgan fingerprint density at radius 3 is 2.39 bits per heavy atom. The van der Waals surface area contributed by atoms with Crippen LogP contribution in [0.5, 0.6) is 11.5 Å². The van der Waals surface area contributed by atoms with E-state index in [1.54, 1.807) is 26.4 Å². The highest BCUT2D eigenvalue weighted by Crippen LogP contribution is 2.32. The third kappa shape index (κ3) is 5.98. The van der Waals surface area contributed by atoms with E-state index in [2.05, 4.69) is 25.5 Å². The molecule has 2 heterocycles. The first-order valence-corrected chi connectivity index (χ1v) is 11.9. The highest BCUT2D eigenvalue weighted by atomic mass is 16.5. The minimum atomic E-state index is -0.352. The minimum absolute atomic E-state index is 0.00334. The molecule has 3 aromatic rings. The molecule has 0 radical (unpaired) electrons. The predicted molar refractivity (Wildman–Crippen MR) is 136 cm³/mol. The maximum atomic E-state index is 13.0. The summed E-state index contributed by atoms with van der Waals surface area (Å²) in [5, 5.41) is 5.77. The second kappa shape index (κ2) is 11.6. The summed E-state index contributed by atoms with van der Waals surface area (Å²) in [7, 11) is 3.28. The molecule has 0 unspecified atom stereocenters. The average molecular weight is 490 g/mol.